The molecule has 0 saturated heterocycles. The Morgan fingerprint density at radius 1 is 1.47 bits per heavy atom. The zero-order chi connectivity index (χ0) is 12.5. The Kier molecular flexibility index (Phi) is 3.12. The smallest absolute Gasteiger partial charge is 0.211 e. The summed E-state index contributed by atoms with van der Waals surface area (Å²) in [6.07, 6.45) is 5.10. The number of hydrogen-bond donors (Lipinski definition) is 0. The Balaban J connectivity index is 2.54. The monoisotopic (exact) mass is 233 g/mol. The number of isocyanates is 1. The highest BCUT2D eigenvalue weighted by atomic mass is 19.1. The lowest BCUT2D eigenvalue weighted by atomic mass is 9.70. The fraction of sp³-hybridized carbons (Fsp3) is 0.500. The molecule has 0 radical (unpaired) electrons. The molecule has 1 aliphatic rings. The molecule has 0 atom stereocenters. The van der Waals surface area contributed by atoms with Crippen molar-refractivity contribution in [1.82, 2.24) is 0 Å². The van der Waals surface area contributed by atoms with Gasteiger partial charge < -0.3 is 0 Å². The average Bonchev–Trinajstić information content (AvgIpc) is 2.24. The van der Waals surface area contributed by atoms with Crippen LogP contribution in [0.2, 0.25) is 0 Å². The molecule has 1 fully saturated rings. The van der Waals surface area contributed by atoms with Gasteiger partial charge in [-0.15, -0.1) is 0 Å². The molecule has 0 amide bonds. The zero-order valence-electron chi connectivity index (χ0n) is 10.2. The van der Waals surface area contributed by atoms with E-state index in [4.69, 9.17) is 0 Å². The van der Waals surface area contributed by atoms with E-state index in [1.807, 2.05) is 19.9 Å². The first-order chi connectivity index (χ1) is 8.13. The molecule has 17 heavy (non-hydrogen) atoms. The van der Waals surface area contributed by atoms with E-state index in [-0.39, 0.29) is 5.82 Å². The van der Waals surface area contributed by atoms with Crippen LogP contribution in [0, 0.1) is 12.7 Å². The molecule has 0 unspecified atom stereocenters. The Morgan fingerprint density at radius 2 is 2.18 bits per heavy atom. The van der Waals surface area contributed by atoms with E-state index < -0.39 is 5.54 Å². The van der Waals surface area contributed by atoms with Crippen LogP contribution < -0.4 is 0 Å². The first kappa shape index (κ1) is 12.0. The molecule has 0 bridgehead atoms. The Bertz CT molecular complexity index is 485. The molecule has 1 aromatic rings. The minimum atomic E-state index is -0.427. The first-order valence-corrected chi connectivity index (χ1v) is 6.01. The number of hydrogen-bond acceptors (Lipinski definition) is 2. The van der Waals surface area contributed by atoms with Gasteiger partial charge in [-0.25, -0.2) is 9.18 Å². The van der Waals surface area contributed by atoms with Gasteiger partial charge in [-0.1, -0.05) is 13.0 Å². The minimum Gasteiger partial charge on any atom is -0.211 e. The lowest BCUT2D eigenvalue weighted by molar-refractivity contribution is 0.254. The summed E-state index contributed by atoms with van der Waals surface area (Å²) in [5.41, 5.74) is 2.13. The maximum atomic E-state index is 13.6. The van der Waals surface area contributed by atoms with Crippen LogP contribution in [0.5, 0.6) is 0 Å². The van der Waals surface area contributed by atoms with Crippen molar-refractivity contribution in [2.75, 3.05) is 0 Å². The molecule has 0 N–H and O–H groups in total. The second-order valence-corrected chi connectivity index (χ2v) is 4.70. The molecule has 0 aliphatic heterocycles. The molecule has 2 rings (SSSR count). The van der Waals surface area contributed by atoms with E-state index in [2.05, 4.69) is 4.99 Å². The Labute approximate surface area is 101 Å². The van der Waals surface area contributed by atoms with Crippen LogP contribution in [0.15, 0.2) is 17.1 Å². The molecule has 0 heterocycles. The van der Waals surface area contributed by atoms with Crippen LogP contribution in [0.3, 0.4) is 0 Å². The highest BCUT2D eigenvalue weighted by molar-refractivity contribution is 5.44. The van der Waals surface area contributed by atoms with Gasteiger partial charge in [0.15, 0.2) is 0 Å². The maximum Gasteiger partial charge on any atom is 0.235 e. The molecular formula is C14H16FNO. The van der Waals surface area contributed by atoms with E-state index >= 15 is 0 Å². The van der Waals surface area contributed by atoms with Crippen LogP contribution in [0.4, 0.5) is 4.39 Å². The number of aliphatic imine (C=N–C) groups is 1. The molecule has 1 aliphatic carbocycles. The lowest BCUT2D eigenvalue weighted by Gasteiger charge is -2.38. The van der Waals surface area contributed by atoms with Crippen molar-refractivity contribution in [2.24, 2.45) is 4.99 Å². The van der Waals surface area contributed by atoms with Crippen molar-refractivity contribution < 1.29 is 9.18 Å². The maximum absolute atomic E-state index is 13.6. The van der Waals surface area contributed by atoms with Crippen LogP contribution in [-0.4, -0.2) is 6.08 Å². The van der Waals surface area contributed by atoms with Gasteiger partial charge in [-0.3, -0.25) is 0 Å². The van der Waals surface area contributed by atoms with Crippen LogP contribution >= 0.6 is 0 Å². The second kappa shape index (κ2) is 4.42. The Morgan fingerprint density at radius 3 is 2.65 bits per heavy atom. The van der Waals surface area contributed by atoms with Gasteiger partial charge in [0.1, 0.15) is 5.82 Å². The van der Waals surface area contributed by atoms with Crippen molar-refractivity contribution in [1.29, 1.82) is 0 Å². The summed E-state index contributed by atoms with van der Waals surface area (Å²) in [5.74, 6) is -0.168. The standard InChI is InChI=1S/C14H16FNO/c1-3-11-8-12(10(2)7-13(11)15)14(16-9-17)5-4-6-14/h7-8H,3-6H2,1-2H3. The summed E-state index contributed by atoms with van der Waals surface area (Å²) in [7, 11) is 0. The van der Waals surface area contributed by atoms with Gasteiger partial charge in [0.2, 0.25) is 6.08 Å². The topological polar surface area (TPSA) is 29.4 Å². The van der Waals surface area contributed by atoms with Gasteiger partial charge in [0, 0.05) is 0 Å². The number of nitrogens with zero attached hydrogens (tertiary/aromatic N) is 1. The van der Waals surface area contributed by atoms with Crippen molar-refractivity contribution >= 4 is 6.08 Å². The SMILES string of the molecule is CCc1cc(C2(N=C=O)CCC2)c(C)cc1F. The number of benzene rings is 1. The zero-order valence-corrected chi connectivity index (χ0v) is 10.2. The molecule has 0 aromatic heterocycles. The number of aryl methyl sites for hydroxylation is 2. The molecule has 0 spiro atoms. The quantitative estimate of drug-likeness (QED) is 0.581. The molecule has 3 heteroatoms. The molecule has 1 saturated carbocycles. The molecule has 90 valence electrons. The lowest BCUT2D eigenvalue weighted by Crippen LogP contribution is -2.33. The van der Waals surface area contributed by atoms with Gasteiger partial charge in [-0.05, 0) is 55.4 Å². The summed E-state index contributed by atoms with van der Waals surface area (Å²) in [6.45, 7) is 3.80. The highest BCUT2D eigenvalue weighted by Gasteiger charge is 2.40. The highest BCUT2D eigenvalue weighted by Crippen LogP contribution is 2.46. The summed E-state index contributed by atoms with van der Waals surface area (Å²) in [6, 6.07) is 3.42. The molecule has 2 nitrogen and oxygen atoms in total. The van der Waals surface area contributed by atoms with Crippen molar-refractivity contribution in [3.05, 3.63) is 34.6 Å². The van der Waals surface area contributed by atoms with Crippen LogP contribution in [0.1, 0.15) is 42.9 Å². The number of halogens is 1. The minimum absolute atomic E-state index is 0.168. The second-order valence-electron chi connectivity index (χ2n) is 4.70. The fourth-order valence-corrected chi connectivity index (χ4v) is 2.53. The molecular weight excluding hydrogens is 217 g/mol. The summed E-state index contributed by atoms with van der Waals surface area (Å²) in [5, 5.41) is 0. The predicted octanol–water partition coefficient (Wildman–Crippen LogP) is 3.41. The van der Waals surface area contributed by atoms with Crippen LogP contribution in [0.25, 0.3) is 0 Å². The summed E-state index contributed by atoms with van der Waals surface area (Å²) in [4.78, 5) is 14.5. The third kappa shape index (κ3) is 1.91. The van der Waals surface area contributed by atoms with Crippen molar-refractivity contribution in [3.8, 4) is 0 Å². The van der Waals surface area contributed by atoms with Crippen molar-refractivity contribution in [2.45, 2.75) is 45.1 Å². The van der Waals surface area contributed by atoms with E-state index in [0.29, 0.717) is 12.0 Å². The predicted molar refractivity (Wildman–Crippen MR) is 64.2 cm³/mol. The Hall–Kier alpha value is -1.47. The van der Waals surface area contributed by atoms with E-state index in [1.54, 1.807) is 12.1 Å². The van der Waals surface area contributed by atoms with Crippen molar-refractivity contribution in [3.63, 3.8) is 0 Å². The van der Waals surface area contributed by atoms with Gasteiger partial charge >= 0.3 is 0 Å². The summed E-state index contributed by atoms with van der Waals surface area (Å²) >= 11 is 0. The van der Waals surface area contributed by atoms with E-state index in [1.165, 1.54) is 0 Å². The molecule has 1 aromatic carbocycles. The van der Waals surface area contributed by atoms with E-state index in [0.717, 1.165) is 30.4 Å². The van der Waals surface area contributed by atoms with Gasteiger partial charge in [0.05, 0.1) is 5.54 Å². The number of carbonyl (C=O) groups excluding carboxylic acids is 1. The third-order valence-electron chi connectivity index (χ3n) is 3.72. The third-order valence-corrected chi connectivity index (χ3v) is 3.72. The normalized spacial score (nSPS) is 17.1. The van der Waals surface area contributed by atoms with E-state index in [9.17, 15) is 9.18 Å². The van der Waals surface area contributed by atoms with Gasteiger partial charge in [-0.2, -0.15) is 4.99 Å². The van der Waals surface area contributed by atoms with Gasteiger partial charge in [0.25, 0.3) is 0 Å². The van der Waals surface area contributed by atoms with Crippen LogP contribution in [-0.2, 0) is 16.8 Å². The number of rotatable bonds is 3. The summed E-state index contributed by atoms with van der Waals surface area (Å²) < 4.78 is 13.6. The fourth-order valence-electron chi connectivity index (χ4n) is 2.53. The largest absolute Gasteiger partial charge is 0.235 e. The first-order valence-electron chi connectivity index (χ1n) is 6.01. The average molecular weight is 233 g/mol.